The van der Waals surface area contributed by atoms with Gasteiger partial charge in [-0.15, -0.1) is 0 Å². The number of carbonyl (C=O) groups excluding carboxylic acids is 1. The Morgan fingerprint density at radius 1 is 1.29 bits per heavy atom. The average molecular weight is 289 g/mol. The molecule has 1 atom stereocenters. The molecule has 1 aromatic rings. The van der Waals surface area contributed by atoms with E-state index >= 15 is 0 Å². The maximum Gasteiger partial charge on any atom is 0.228 e. The van der Waals surface area contributed by atoms with Gasteiger partial charge in [-0.3, -0.25) is 4.79 Å². The second kappa shape index (κ2) is 6.37. The van der Waals surface area contributed by atoms with Crippen molar-refractivity contribution in [3.05, 3.63) is 18.2 Å². The molecule has 4 heteroatoms. The van der Waals surface area contributed by atoms with Crippen LogP contribution < -0.4 is 14.8 Å². The minimum atomic E-state index is -0.111. The first-order chi connectivity index (χ1) is 10.2. The number of nitrogens with one attached hydrogen (secondary N) is 1. The Morgan fingerprint density at radius 3 is 2.90 bits per heavy atom. The third kappa shape index (κ3) is 3.69. The largest absolute Gasteiger partial charge is 0.493 e. The van der Waals surface area contributed by atoms with Crippen LogP contribution in [0.15, 0.2) is 18.2 Å². The normalized spacial score (nSPS) is 22.7. The fourth-order valence-electron chi connectivity index (χ4n) is 3.08. The molecule has 1 heterocycles. The Hall–Kier alpha value is -1.71. The van der Waals surface area contributed by atoms with E-state index in [1.54, 1.807) is 0 Å². The first kappa shape index (κ1) is 14.2. The molecule has 1 aliphatic heterocycles. The number of hydrogen-bond donors (Lipinski definition) is 1. The third-order valence-corrected chi connectivity index (χ3v) is 4.24. The van der Waals surface area contributed by atoms with Gasteiger partial charge < -0.3 is 14.8 Å². The summed E-state index contributed by atoms with van der Waals surface area (Å²) in [6.07, 6.45) is 6.83. The molecule has 0 bridgehead atoms. The van der Waals surface area contributed by atoms with Gasteiger partial charge in [-0.1, -0.05) is 19.3 Å². The zero-order valence-corrected chi connectivity index (χ0v) is 12.6. The van der Waals surface area contributed by atoms with Crippen molar-refractivity contribution >= 4 is 11.6 Å². The lowest BCUT2D eigenvalue weighted by molar-refractivity contribution is -0.117. The molecule has 1 unspecified atom stereocenters. The molecular formula is C17H23NO3. The van der Waals surface area contributed by atoms with Gasteiger partial charge in [0.05, 0.1) is 18.7 Å². The number of amides is 1. The van der Waals surface area contributed by atoms with Crippen LogP contribution in [0.25, 0.3) is 0 Å². The predicted octanol–water partition coefficient (Wildman–Crippen LogP) is 3.76. The molecule has 3 rings (SSSR count). The number of anilines is 1. The first-order valence-corrected chi connectivity index (χ1v) is 7.94. The molecule has 4 nitrogen and oxygen atoms in total. The first-order valence-electron chi connectivity index (χ1n) is 7.94. The zero-order chi connectivity index (χ0) is 14.7. The summed E-state index contributed by atoms with van der Waals surface area (Å²) < 4.78 is 11.7. The van der Waals surface area contributed by atoms with Gasteiger partial charge in [0, 0.05) is 6.07 Å². The van der Waals surface area contributed by atoms with Gasteiger partial charge in [-0.25, -0.2) is 0 Å². The van der Waals surface area contributed by atoms with E-state index in [2.05, 4.69) is 5.32 Å². The number of fused-ring (bicyclic) bond motifs is 1. The molecule has 114 valence electrons. The van der Waals surface area contributed by atoms with Crippen LogP contribution in [0.1, 0.15) is 45.4 Å². The Morgan fingerprint density at radius 2 is 2.10 bits per heavy atom. The molecule has 0 saturated heterocycles. The van der Waals surface area contributed by atoms with Crippen LogP contribution in [0.5, 0.6) is 11.5 Å². The summed E-state index contributed by atoms with van der Waals surface area (Å²) in [5, 5.41) is 2.87. The van der Waals surface area contributed by atoms with Crippen LogP contribution >= 0.6 is 0 Å². The number of ether oxygens (including phenoxy) is 2. The molecule has 1 aliphatic carbocycles. The molecule has 0 radical (unpaired) electrons. The van der Waals surface area contributed by atoms with Crippen molar-refractivity contribution < 1.29 is 14.3 Å². The van der Waals surface area contributed by atoms with E-state index in [0.29, 0.717) is 18.1 Å². The summed E-state index contributed by atoms with van der Waals surface area (Å²) in [6.45, 7) is 2.69. The standard InChI is InChI=1S/C17H23NO3/c1-12-9-17(19)18-15-8-7-14(10-16(15)21-12)20-11-13-5-3-2-4-6-13/h7-8,10,12-13H,2-6,9,11H2,1H3,(H,18,19). The maximum absolute atomic E-state index is 11.7. The topological polar surface area (TPSA) is 47.6 Å². The highest BCUT2D eigenvalue weighted by atomic mass is 16.5. The zero-order valence-electron chi connectivity index (χ0n) is 12.6. The molecule has 1 saturated carbocycles. The van der Waals surface area contributed by atoms with Crippen molar-refractivity contribution in [2.75, 3.05) is 11.9 Å². The van der Waals surface area contributed by atoms with Crippen molar-refractivity contribution in [1.29, 1.82) is 0 Å². The van der Waals surface area contributed by atoms with Gasteiger partial charge in [-0.05, 0) is 37.8 Å². The molecule has 21 heavy (non-hydrogen) atoms. The molecule has 0 spiro atoms. The van der Waals surface area contributed by atoms with Crippen LogP contribution in [0.3, 0.4) is 0 Å². The van der Waals surface area contributed by atoms with Gasteiger partial charge >= 0.3 is 0 Å². The molecular weight excluding hydrogens is 266 g/mol. The fourth-order valence-corrected chi connectivity index (χ4v) is 3.08. The smallest absolute Gasteiger partial charge is 0.228 e. The Kier molecular flexibility index (Phi) is 4.32. The SMILES string of the molecule is CC1CC(=O)Nc2ccc(OCC3CCCCC3)cc2O1. The van der Waals surface area contributed by atoms with Crippen molar-refractivity contribution in [3.8, 4) is 11.5 Å². The highest BCUT2D eigenvalue weighted by molar-refractivity contribution is 5.93. The van der Waals surface area contributed by atoms with Crippen LogP contribution in [-0.4, -0.2) is 18.6 Å². The average Bonchev–Trinajstić information content (AvgIpc) is 2.62. The Bertz CT molecular complexity index is 509. The molecule has 1 N–H and O–H groups in total. The quantitative estimate of drug-likeness (QED) is 0.921. The van der Waals surface area contributed by atoms with Gasteiger partial charge in [0.25, 0.3) is 0 Å². The lowest BCUT2D eigenvalue weighted by atomic mass is 9.90. The number of hydrogen-bond acceptors (Lipinski definition) is 3. The van der Waals surface area contributed by atoms with Gasteiger partial charge in [0.2, 0.25) is 5.91 Å². The van der Waals surface area contributed by atoms with Crippen LogP contribution in [0.2, 0.25) is 0 Å². The summed E-state index contributed by atoms with van der Waals surface area (Å²) in [5.74, 6) is 2.20. The second-order valence-electron chi connectivity index (χ2n) is 6.15. The summed E-state index contributed by atoms with van der Waals surface area (Å²) in [6, 6.07) is 5.66. The van der Waals surface area contributed by atoms with E-state index in [9.17, 15) is 4.79 Å². The van der Waals surface area contributed by atoms with Gasteiger partial charge in [0.15, 0.2) is 0 Å². The highest BCUT2D eigenvalue weighted by Gasteiger charge is 2.20. The van der Waals surface area contributed by atoms with Crippen molar-refractivity contribution in [1.82, 2.24) is 0 Å². The summed E-state index contributed by atoms with van der Waals surface area (Å²) in [7, 11) is 0. The minimum absolute atomic E-state index is 0.00266. The number of rotatable bonds is 3. The number of benzene rings is 1. The van der Waals surface area contributed by atoms with E-state index in [4.69, 9.17) is 9.47 Å². The fraction of sp³-hybridized carbons (Fsp3) is 0.588. The van der Waals surface area contributed by atoms with E-state index in [1.807, 2.05) is 25.1 Å². The van der Waals surface area contributed by atoms with Crippen LogP contribution in [-0.2, 0) is 4.79 Å². The molecule has 1 aromatic carbocycles. The molecule has 1 amide bonds. The van der Waals surface area contributed by atoms with Crippen molar-refractivity contribution in [3.63, 3.8) is 0 Å². The van der Waals surface area contributed by atoms with E-state index in [1.165, 1.54) is 32.1 Å². The minimum Gasteiger partial charge on any atom is -0.493 e. The Labute approximate surface area is 125 Å². The second-order valence-corrected chi connectivity index (χ2v) is 6.15. The third-order valence-electron chi connectivity index (χ3n) is 4.24. The Balaban J connectivity index is 1.66. The van der Waals surface area contributed by atoms with Gasteiger partial charge in [0.1, 0.15) is 17.6 Å². The predicted molar refractivity (Wildman–Crippen MR) is 81.8 cm³/mol. The number of carbonyl (C=O) groups is 1. The highest BCUT2D eigenvalue weighted by Crippen LogP contribution is 2.33. The van der Waals surface area contributed by atoms with E-state index in [-0.39, 0.29) is 12.0 Å². The summed E-state index contributed by atoms with van der Waals surface area (Å²) in [4.78, 5) is 11.7. The van der Waals surface area contributed by atoms with Crippen molar-refractivity contribution in [2.24, 2.45) is 5.92 Å². The summed E-state index contributed by atoms with van der Waals surface area (Å²) >= 11 is 0. The van der Waals surface area contributed by atoms with E-state index < -0.39 is 0 Å². The molecule has 0 aromatic heterocycles. The van der Waals surface area contributed by atoms with Crippen LogP contribution in [0, 0.1) is 5.92 Å². The monoisotopic (exact) mass is 289 g/mol. The molecule has 1 fully saturated rings. The maximum atomic E-state index is 11.7. The van der Waals surface area contributed by atoms with E-state index in [0.717, 1.165) is 18.0 Å². The lowest BCUT2D eigenvalue weighted by Crippen LogP contribution is -2.17. The van der Waals surface area contributed by atoms with Crippen molar-refractivity contribution in [2.45, 2.75) is 51.6 Å². The van der Waals surface area contributed by atoms with Crippen LogP contribution in [0.4, 0.5) is 5.69 Å². The lowest BCUT2D eigenvalue weighted by Gasteiger charge is -2.22. The molecule has 2 aliphatic rings. The van der Waals surface area contributed by atoms with Gasteiger partial charge in [-0.2, -0.15) is 0 Å². The summed E-state index contributed by atoms with van der Waals surface area (Å²) in [5.41, 5.74) is 0.731.